The van der Waals surface area contributed by atoms with E-state index < -0.39 is 0 Å². The molecule has 0 aromatic heterocycles. The van der Waals surface area contributed by atoms with Crippen LogP contribution < -0.4 is 11.1 Å². The molecule has 0 fully saturated rings. The first-order chi connectivity index (χ1) is 6.18. The first-order valence-electron chi connectivity index (χ1n) is 4.80. The Morgan fingerprint density at radius 2 is 2.15 bits per heavy atom. The summed E-state index contributed by atoms with van der Waals surface area (Å²) in [5.41, 5.74) is 9.44. The highest BCUT2D eigenvalue weighted by molar-refractivity contribution is 5.47. The van der Waals surface area contributed by atoms with E-state index in [9.17, 15) is 0 Å². The molecule has 0 saturated carbocycles. The largest absolute Gasteiger partial charge is 0.399 e. The molecule has 2 rings (SSSR count). The minimum absolute atomic E-state index is 0.550. The first-order valence-corrected chi connectivity index (χ1v) is 4.80. The molecule has 3 N–H and O–H groups in total. The molecule has 1 aromatic carbocycles. The minimum atomic E-state index is 0.550. The number of nitrogens with two attached hydrogens (primary N) is 1. The van der Waals surface area contributed by atoms with Crippen LogP contribution in [-0.4, -0.2) is 6.04 Å². The smallest absolute Gasteiger partial charge is 0.0317 e. The van der Waals surface area contributed by atoms with Gasteiger partial charge in [0.15, 0.2) is 0 Å². The van der Waals surface area contributed by atoms with Gasteiger partial charge < -0.3 is 11.1 Å². The summed E-state index contributed by atoms with van der Waals surface area (Å²) < 4.78 is 0. The van der Waals surface area contributed by atoms with Crippen LogP contribution in [0.15, 0.2) is 18.2 Å². The van der Waals surface area contributed by atoms with Gasteiger partial charge in [-0.1, -0.05) is 13.0 Å². The molecule has 0 bridgehead atoms. The van der Waals surface area contributed by atoms with Gasteiger partial charge in [-0.3, -0.25) is 0 Å². The molecule has 0 radical (unpaired) electrons. The predicted octanol–water partition coefficient (Wildman–Crippen LogP) is 1.86. The Labute approximate surface area is 79.1 Å². The molecule has 2 unspecified atom stereocenters. The maximum absolute atomic E-state index is 5.77. The lowest BCUT2D eigenvalue weighted by molar-refractivity contribution is 0.449. The zero-order valence-electron chi connectivity index (χ0n) is 8.17. The monoisotopic (exact) mass is 176 g/mol. The third-order valence-electron chi connectivity index (χ3n) is 3.02. The van der Waals surface area contributed by atoms with Gasteiger partial charge in [0.25, 0.3) is 0 Å². The predicted molar refractivity (Wildman–Crippen MR) is 55.6 cm³/mol. The van der Waals surface area contributed by atoms with Crippen molar-refractivity contribution in [2.45, 2.75) is 32.4 Å². The molecule has 0 aliphatic carbocycles. The van der Waals surface area contributed by atoms with Crippen molar-refractivity contribution in [3.05, 3.63) is 29.3 Å². The van der Waals surface area contributed by atoms with E-state index >= 15 is 0 Å². The van der Waals surface area contributed by atoms with Gasteiger partial charge in [-0.15, -0.1) is 0 Å². The molecular weight excluding hydrogens is 160 g/mol. The molecule has 1 aliphatic heterocycles. The van der Waals surface area contributed by atoms with Crippen molar-refractivity contribution < 1.29 is 0 Å². The van der Waals surface area contributed by atoms with E-state index in [2.05, 4.69) is 31.3 Å². The summed E-state index contributed by atoms with van der Waals surface area (Å²) in [7, 11) is 0. The van der Waals surface area contributed by atoms with E-state index in [-0.39, 0.29) is 0 Å². The molecule has 1 heterocycles. The highest BCUT2D eigenvalue weighted by Gasteiger charge is 2.21. The first kappa shape index (κ1) is 8.57. The number of hydrogen-bond acceptors (Lipinski definition) is 2. The van der Waals surface area contributed by atoms with Crippen molar-refractivity contribution in [1.29, 1.82) is 0 Å². The molecule has 2 atom stereocenters. The molecular formula is C11H16N2. The average molecular weight is 176 g/mol. The third-order valence-corrected chi connectivity index (χ3v) is 3.02. The third kappa shape index (κ3) is 1.42. The van der Waals surface area contributed by atoms with Gasteiger partial charge in [0, 0.05) is 18.3 Å². The molecule has 2 heteroatoms. The highest BCUT2D eigenvalue weighted by atomic mass is 14.9. The summed E-state index contributed by atoms with van der Waals surface area (Å²) in [5, 5.41) is 3.47. The van der Waals surface area contributed by atoms with Crippen LogP contribution in [0, 0.1) is 0 Å². The second-order valence-corrected chi connectivity index (χ2v) is 3.92. The molecule has 1 aromatic rings. The number of nitrogens with one attached hydrogen (secondary N) is 1. The summed E-state index contributed by atoms with van der Waals surface area (Å²) >= 11 is 0. The fraction of sp³-hybridized carbons (Fsp3) is 0.455. The average Bonchev–Trinajstić information content (AvgIpc) is 2.12. The zero-order chi connectivity index (χ0) is 9.42. The van der Waals surface area contributed by atoms with Crippen molar-refractivity contribution in [3.8, 4) is 0 Å². The molecule has 1 aliphatic rings. The fourth-order valence-corrected chi connectivity index (χ4v) is 1.92. The Bertz CT molecular complexity index is 320. The van der Waals surface area contributed by atoms with Gasteiger partial charge in [0.2, 0.25) is 0 Å². The van der Waals surface area contributed by atoms with Crippen LogP contribution in [0.2, 0.25) is 0 Å². The van der Waals surface area contributed by atoms with Gasteiger partial charge in [-0.25, -0.2) is 0 Å². The van der Waals surface area contributed by atoms with Crippen LogP contribution in [0.5, 0.6) is 0 Å². The molecule has 0 amide bonds. The lowest BCUT2D eigenvalue weighted by atomic mass is 9.87. The molecule has 0 spiro atoms. The van der Waals surface area contributed by atoms with Crippen LogP contribution in [0.1, 0.15) is 30.9 Å². The second kappa shape index (κ2) is 3.04. The fourth-order valence-electron chi connectivity index (χ4n) is 1.92. The second-order valence-electron chi connectivity index (χ2n) is 3.92. The van der Waals surface area contributed by atoms with E-state index in [1.165, 1.54) is 11.1 Å². The number of fused-ring (bicyclic) bond motifs is 1. The van der Waals surface area contributed by atoms with E-state index in [0.717, 1.165) is 12.2 Å². The summed E-state index contributed by atoms with van der Waals surface area (Å²) in [4.78, 5) is 0. The Morgan fingerprint density at radius 3 is 2.92 bits per heavy atom. The standard InChI is InChI=1S/C11H16N2/c1-7-8(2)13-6-9-3-4-10(12)5-11(7)9/h3-5,7-8,13H,6,12H2,1-2H3. The Hall–Kier alpha value is -1.02. The Morgan fingerprint density at radius 1 is 1.38 bits per heavy atom. The van der Waals surface area contributed by atoms with Gasteiger partial charge in [0.1, 0.15) is 0 Å². The van der Waals surface area contributed by atoms with E-state index in [0.29, 0.717) is 12.0 Å². The number of anilines is 1. The highest BCUT2D eigenvalue weighted by Crippen LogP contribution is 2.28. The summed E-state index contributed by atoms with van der Waals surface area (Å²) in [6, 6.07) is 6.76. The van der Waals surface area contributed by atoms with Crippen LogP contribution in [-0.2, 0) is 6.54 Å². The summed E-state index contributed by atoms with van der Waals surface area (Å²) in [6.45, 7) is 5.44. The quantitative estimate of drug-likeness (QED) is 0.592. The van der Waals surface area contributed by atoms with Crippen molar-refractivity contribution in [2.24, 2.45) is 0 Å². The van der Waals surface area contributed by atoms with Crippen molar-refractivity contribution >= 4 is 5.69 Å². The van der Waals surface area contributed by atoms with Gasteiger partial charge >= 0.3 is 0 Å². The minimum Gasteiger partial charge on any atom is -0.399 e. The number of rotatable bonds is 0. The van der Waals surface area contributed by atoms with E-state index in [4.69, 9.17) is 5.73 Å². The Balaban J connectivity index is 2.45. The zero-order valence-corrected chi connectivity index (χ0v) is 8.17. The topological polar surface area (TPSA) is 38.0 Å². The normalized spacial score (nSPS) is 26.9. The summed E-state index contributed by atoms with van der Waals surface area (Å²) in [5.74, 6) is 0.562. The Kier molecular flexibility index (Phi) is 2.00. The van der Waals surface area contributed by atoms with E-state index in [1.807, 2.05) is 6.07 Å². The van der Waals surface area contributed by atoms with Gasteiger partial charge in [-0.05, 0) is 36.1 Å². The summed E-state index contributed by atoms with van der Waals surface area (Å²) in [6.07, 6.45) is 0. The maximum atomic E-state index is 5.77. The van der Waals surface area contributed by atoms with Gasteiger partial charge in [0.05, 0.1) is 0 Å². The van der Waals surface area contributed by atoms with Crippen LogP contribution in [0.25, 0.3) is 0 Å². The van der Waals surface area contributed by atoms with Crippen LogP contribution in [0.3, 0.4) is 0 Å². The molecule has 13 heavy (non-hydrogen) atoms. The van der Waals surface area contributed by atoms with Gasteiger partial charge in [-0.2, -0.15) is 0 Å². The number of nitrogen functional groups attached to an aromatic ring is 1. The lowest BCUT2D eigenvalue weighted by Crippen LogP contribution is -2.35. The van der Waals surface area contributed by atoms with Crippen molar-refractivity contribution in [1.82, 2.24) is 5.32 Å². The van der Waals surface area contributed by atoms with Crippen LogP contribution in [0.4, 0.5) is 5.69 Å². The van der Waals surface area contributed by atoms with Crippen LogP contribution >= 0.6 is 0 Å². The SMILES string of the molecule is CC1NCc2ccc(N)cc2C1C. The molecule has 70 valence electrons. The van der Waals surface area contributed by atoms with E-state index in [1.54, 1.807) is 0 Å². The molecule has 2 nitrogen and oxygen atoms in total. The number of hydrogen-bond donors (Lipinski definition) is 2. The molecule has 0 saturated heterocycles. The maximum Gasteiger partial charge on any atom is 0.0317 e. The lowest BCUT2D eigenvalue weighted by Gasteiger charge is -2.30. The van der Waals surface area contributed by atoms with Crippen molar-refractivity contribution in [2.75, 3.05) is 5.73 Å². The number of benzene rings is 1. The van der Waals surface area contributed by atoms with Crippen molar-refractivity contribution in [3.63, 3.8) is 0 Å².